The Balaban J connectivity index is 2.19. The highest BCUT2D eigenvalue weighted by atomic mass is 32.2. The maximum absolute atomic E-state index is 14.0. The molecule has 0 unspecified atom stereocenters. The van der Waals surface area contributed by atoms with E-state index < -0.39 is 27.5 Å². The first-order valence-electron chi connectivity index (χ1n) is 7.61. The average molecular weight is 409 g/mol. The van der Waals surface area contributed by atoms with Crippen LogP contribution in [0.3, 0.4) is 0 Å². The lowest BCUT2D eigenvalue weighted by atomic mass is 10.1. The van der Waals surface area contributed by atoms with Gasteiger partial charge in [-0.2, -0.15) is 18.3 Å². The molecule has 0 fully saturated rings. The number of benzene rings is 1. The molecule has 0 N–H and O–H groups in total. The van der Waals surface area contributed by atoms with Crippen LogP contribution in [-0.4, -0.2) is 29.4 Å². The number of sulfone groups is 1. The monoisotopic (exact) mass is 409 g/mol. The molecule has 0 aliphatic heterocycles. The van der Waals surface area contributed by atoms with Gasteiger partial charge in [-0.25, -0.2) is 22.5 Å². The largest absolute Gasteiger partial charge is 0.435 e. The van der Waals surface area contributed by atoms with Crippen molar-refractivity contribution in [3.8, 4) is 29.4 Å². The average Bonchev–Trinajstić information content (AvgIpc) is 3.07. The van der Waals surface area contributed by atoms with Crippen molar-refractivity contribution in [2.24, 2.45) is 0 Å². The molecule has 144 valence electrons. The molecule has 3 aromatic rings. The summed E-state index contributed by atoms with van der Waals surface area (Å²) in [5.41, 5.74) is -1.25. The third kappa shape index (κ3) is 3.75. The molecule has 1 aromatic carbocycles. The van der Waals surface area contributed by atoms with Crippen LogP contribution in [0.25, 0.3) is 17.1 Å². The van der Waals surface area contributed by atoms with Gasteiger partial charge in [0.25, 0.3) is 0 Å². The number of pyridine rings is 1. The Hall–Kier alpha value is -3.19. The second kappa shape index (κ2) is 6.76. The topological polar surface area (TPSA) is 64.8 Å². The Morgan fingerprint density at radius 3 is 2.36 bits per heavy atom. The van der Waals surface area contributed by atoms with Crippen molar-refractivity contribution >= 4 is 9.84 Å². The van der Waals surface area contributed by atoms with E-state index in [0.29, 0.717) is 0 Å². The van der Waals surface area contributed by atoms with Crippen molar-refractivity contribution in [2.75, 3.05) is 6.26 Å². The number of hydrogen-bond acceptors (Lipinski definition) is 4. The first-order valence-corrected chi connectivity index (χ1v) is 9.50. The Bertz CT molecular complexity index is 1190. The molecule has 0 spiro atoms. The van der Waals surface area contributed by atoms with Gasteiger partial charge >= 0.3 is 6.18 Å². The summed E-state index contributed by atoms with van der Waals surface area (Å²) in [5, 5.41) is 3.51. The summed E-state index contributed by atoms with van der Waals surface area (Å²) < 4.78 is 77.4. The van der Waals surface area contributed by atoms with Gasteiger partial charge in [0, 0.05) is 18.0 Å². The van der Waals surface area contributed by atoms with Crippen molar-refractivity contribution in [3.05, 3.63) is 59.7 Å². The summed E-state index contributed by atoms with van der Waals surface area (Å²) in [5.74, 6) is 1.28. The minimum absolute atomic E-state index is 0.0403. The van der Waals surface area contributed by atoms with Crippen LogP contribution in [0.2, 0.25) is 0 Å². The molecule has 2 aromatic heterocycles. The van der Waals surface area contributed by atoms with Crippen LogP contribution in [0, 0.1) is 18.2 Å². The minimum atomic E-state index is -4.75. The van der Waals surface area contributed by atoms with Gasteiger partial charge in [-0.05, 0) is 30.3 Å². The molecule has 0 saturated carbocycles. The molecular formula is C18H11F4N3O2S. The van der Waals surface area contributed by atoms with Gasteiger partial charge in [-0.15, -0.1) is 6.42 Å². The van der Waals surface area contributed by atoms with E-state index in [0.717, 1.165) is 29.3 Å². The van der Waals surface area contributed by atoms with Crippen molar-refractivity contribution < 1.29 is 26.0 Å². The number of terminal acetylenes is 1. The van der Waals surface area contributed by atoms with Crippen LogP contribution in [0.1, 0.15) is 11.3 Å². The molecule has 0 atom stereocenters. The van der Waals surface area contributed by atoms with E-state index >= 15 is 0 Å². The van der Waals surface area contributed by atoms with Gasteiger partial charge in [0.15, 0.2) is 21.3 Å². The first-order chi connectivity index (χ1) is 13.0. The van der Waals surface area contributed by atoms with Crippen LogP contribution >= 0.6 is 0 Å². The molecule has 5 nitrogen and oxygen atoms in total. The molecule has 0 amide bonds. The molecule has 3 rings (SSSR count). The summed E-state index contributed by atoms with van der Waals surface area (Å²) in [6, 6.07) is 6.76. The summed E-state index contributed by atoms with van der Waals surface area (Å²) >= 11 is 0. The zero-order valence-electron chi connectivity index (χ0n) is 14.2. The smallest absolute Gasteiger partial charge is 0.236 e. The zero-order valence-corrected chi connectivity index (χ0v) is 15.0. The van der Waals surface area contributed by atoms with E-state index in [9.17, 15) is 26.0 Å². The minimum Gasteiger partial charge on any atom is -0.236 e. The van der Waals surface area contributed by atoms with Gasteiger partial charge in [-0.1, -0.05) is 12.0 Å². The van der Waals surface area contributed by atoms with Crippen LogP contribution in [0.15, 0.2) is 47.5 Å². The number of rotatable bonds is 3. The Labute approximate surface area is 157 Å². The van der Waals surface area contributed by atoms with Gasteiger partial charge in [0.05, 0.1) is 16.2 Å². The molecule has 2 heterocycles. The van der Waals surface area contributed by atoms with E-state index in [1.165, 1.54) is 24.3 Å². The fourth-order valence-electron chi connectivity index (χ4n) is 2.41. The zero-order chi connectivity index (χ0) is 20.7. The molecule has 28 heavy (non-hydrogen) atoms. The highest BCUT2D eigenvalue weighted by molar-refractivity contribution is 7.90. The maximum Gasteiger partial charge on any atom is 0.435 e. The predicted octanol–water partition coefficient (Wildman–Crippen LogP) is 3.48. The molecule has 0 saturated heterocycles. The lowest BCUT2D eigenvalue weighted by Gasteiger charge is -2.08. The van der Waals surface area contributed by atoms with E-state index in [1.54, 1.807) is 0 Å². The summed E-state index contributed by atoms with van der Waals surface area (Å²) in [4.78, 5) is 3.77. The summed E-state index contributed by atoms with van der Waals surface area (Å²) in [6.45, 7) is 0. The van der Waals surface area contributed by atoms with Crippen LogP contribution in [0.5, 0.6) is 0 Å². The third-order valence-corrected chi connectivity index (χ3v) is 4.88. The van der Waals surface area contributed by atoms with E-state index in [1.807, 2.05) is 0 Å². The highest BCUT2D eigenvalue weighted by Gasteiger charge is 2.35. The standard InChI is InChI=1S/C18H11F4N3O2S/c1-3-11-4-5-12(8-14(11)19)15-9-16(18(20,21)22)24-25(15)17-7-6-13(10-23-17)28(2,26)27/h1,4-10H,2H3. The fraction of sp³-hybridized carbons (Fsp3) is 0.111. The Morgan fingerprint density at radius 1 is 1.14 bits per heavy atom. The van der Waals surface area contributed by atoms with Gasteiger partial charge < -0.3 is 0 Å². The number of nitrogens with zero attached hydrogens (tertiary/aromatic N) is 3. The number of halogens is 4. The normalized spacial score (nSPS) is 12.0. The van der Waals surface area contributed by atoms with Gasteiger partial charge in [-0.3, -0.25) is 0 Å². The van der Waals surface area contributed by atoms with Gasteiger partial charge in [0.2, 0.25) is 0 Å². The summed E-state index contributed by atoms with van der Waals surface area (Å²) in [6.07, 6.45) is 2.39. The first kappa shape index (κ1) is 19.6. The predicted molar refractivity (Wildman–Crippen MR) is 92.8 cm³/mol. The van der Waals surface area contributed by atoms with Crippen molar-refractivity contribution in [1.82, 2.24) is 14.8 Å². The lowest BCUT2D eigenvalue weighted by molar-refractivity contribution is -0.141. The highest BCUT2D eigenvalue weighted by Crippen LogP contribution is 2.33. The van der Waals surface area contributed by atoms with E-state index in [-0.39, 0.29) is 27.5 Å². The molecule has 10 heteroatoms. The molecule has 0 bridgehead atoms. The number of aromatic nitrogens is 3. The van der Waals surface area contributed by atoms with Crippen molar-refractivity contribution in [1.29, 1.82) is 0 Å². The molecule has 0 radical (unpaired) electrons. The second-order valence-electron chi connectivity index (χ2n) is 5.79. The molecule has 0 aliphatic rings. The Kier molecular flexibility index (Phi) is 4.72. The summed E-state index contributed by atoms with van der Waals surface area (Å²) in [7, 11) is -3.54. The quantitative estimate of drug-likeness (QED) is 0.491. The van der Waals surface area contributed by atoms with Gasteiger partial charge in [0.1, 0.15) is 5.82 Å². The molecule has 0 aliphatic carbocycles. The lowest BCUT2D eigenvalue weighted by Crippen LogP contribution is -2.08. The van der Waals surface area contributed by atoms with E-state index in [4.69, 9.17) is 6.42 Å². The van der Waals surface area contributed by atoms with Crippen LogP contribution < -0.4 is 0 Å². The fourth-order valence-corrected chi connectivity index (χ4v) is 2.97. The van der Waals surface area contributed by atoms with Crippen LogP contribution in [-0.2, 0) is 16.0 Å². The van der Waals surface area contributed by atoms with Crippen molar-refractivity contribution in [2.45, 2.75) is 11.1 Å². The SMILES string of the molecule is C#Cc1ccc(-c2cc(C(F)(F)F)nn2-c2ccc(S(C)(=O)=O)cn2)cc1F. The third-order valence-electron chi connectivity index (χ3n) is 3.79. The number of hydrogen-bond donors (Lipinski definition) is 0. The van der Waals surface area contributed by atoms with Crippen LogP contribution in [0.4, 0.5) is 17.6 Å². The van der Waals surface area contributed by atoms with Crippen molar-refractivity contribution in [3.63, 3.8) is 0 Å². The second-order valence-corrected chi connectivity index (χ2v) is 7.80. The Morgan fingerprint density at radius 2 is 1.86 bits per heavy atom. The number of alkyl halides is 3. The van der Waals surface area contributed by atoms with E-state index in [2.05, 4.69) is 16.0 Å². The maximum atomic E-state index is 14.0. The molecular weight excluding hydrogens is 398 g/mol.